The number of anilines is 1. The van der Waals surface area contributed by atoms with E-state index in [0.29, 0.717) is 23.4 Å². The van der Waals surface area contributed by atoms with E-state index in [2.05, 4.69) is 6.58 Å². The minimum absolute atomic E-state index is 0.133. The number of hydrogen-bond acceptors (Lipinski definition) is 9. The van der Waals surface area contributed by atoms with E-state index in [9.17, 15) is 24.3 Å². The number of imide groups is 1. The van der Waals surface area contributed by atoms with Crippen LogP contribution < -0.4 is 14.4 Å². The van der Waals surface area contributed by atoms with E-state index in [0.717, 1.165) is 0 Å². The van der Waals surface area contributed by atoms with Crippen molar-refractivity contribution in [1.29, 1.82) is 0 Å². The van der Waals surface area contributed by atoms with Crippen LogP contribution in [0.15, 0.2) is 73.3 Å². The number of carboxylic acid groups (broad SMARTS) is 1. The quantitative estimate of drug-likeness (QED) is 0.0982. The third kappa shape index (κ3) is 11.1. The molecular formula is C40H49FN2O9. The van der Waals surface area contributed by atoms with Crippen LogP contribution in [0, 0.1) is 12.7 Å². The molecule has 0 bridgehead atoms. The van der Waals surface area contributed by atoms with E-state index in [4.69, 9.17) is 18.9 Å². The molecule has 3 aromatic rings. The highest BCUT2D eigenvalue weighted by atomic mass is 19.1. The van der Waals surface area contributed by atoms with E-state index in [1.54, 1.807) is 95.0 Å². The average molecular weight is 721 g/mol. The first kappa shape index (κ1) is 41.2. The number of ether oxygens (including phenoxy) is 4. The molecule has 0 aliphatic rings. The van der Waals surface area contributed by atoms with Gasteiger partial charge in [0.25, 0.3) is 0 Å². The molecule has 1 N–H and O–H groups in total. The van der Waals surface area contributed by atoms with Crippen molar-refractivity contribution < 1.29 is 47.6 Å². The lowest BCUT2D eigenvalue weighted by molar-refractivity contribution is -0.143. The van der Waals surface area contributed by atoms with Crippen molar-refractivity contribution in [3.63, 3.8) is 0 Å². The number of esters is 1. The third-order valence-electron chi connectivity index (χ3n) is 7.45. The molecule has 1 atom stereocenters. The Bertz CT molecular complexity index is 1700. The van der Waals surface area contributed by atoms with Gasteiger partial charge in [-0.15, -0.1) is 6.58 Å². The van der Waals surface area contributed by atoms with Crippen LogP contribution in [0.25, 0.3) is 0 Å². The molecule has 0 saturated heterocycles. The lowest BCUT2D eigenvalue weighted by Crippen LogP contribution is -2.46. The van der Waals surface area contributed by atoms with Gasteiger partial charge in [-0.1, -0.05) is 61.5 Å². The van der Waals surface area contributed by atoms with Gasteiger partial charge >= 0.3 is 24.1 Å². The molecular weight excluding hydrogens is 671 g/mol. The smallest absolute Gasteiger partial charge is 0.424 e. The molecule has 1 unspecified atom stereocenters. The fourth-order valence-corrected chi connectivity index (χ4v) is 5.32. The van der Waals surface area contributed by atoms with Gasteiger partial charge in [0.2, 0.25) is 0 Å². The molecule has 280 valence electrons. The van der Waals surface area contributed by atoms with E-state index in [1.165, 1.54) is 25.1 Å². The van der Waals surface area contributed by atoms with E-state index >= 15 is 4.39 Å². The van der Waals surface area contributed by atoms with Crippen LogP contribution in [-0.2, 0) is 27.3 Å². The van der Waals surface area contributed by atoms with Crippen LogP contribution in [0.3, 0.4) is 0 Å². The zero-order valence-corrected chi connectivity index (χ0v) is 31.2. The summed E-state index contributed by atoms with van der Waals surface area (Å²) in [4.78, 5) is 57.3. The van der Waals surface area contributed by atoms with Gasteiger partial charge in [-0.25, -0.2) is 18.8 Å². The minimum atomic E-state index is -1.37. The second kappa shape index (κ2) is 17.8. The summed E-state index contributed by atoms with van der Waals surface area (Å²) in [7, 11) is 0. The fourth-order valence-electron chi connectivity index (χ4n) is 5.32. The molecule has 0 aliphatic carbocycles. The molecule has 52 heavy (non-hydrogen) atoms. The number of halogens is 1. The first-order valence-corrected chi connectivity index (χ1v) is 17.0. The van der Waals surface area contributed by atoms with Crippen molar-refractivity contribution in [3.05, 3.63) is 101 Å². The molecule has 0 fully saturated rings. The lowest BCUT2D eigenvalue weighted by atomic mass is 9.94. The van der Waals surface area contributed by atoms with Gasteiger partial charge < -0.3 is 24.1 Å². The van der Waals surface area contributed by atoms with Crippen molar-refractivity contribution in [1.82, 2.24) is 4.90 Å². The first-order valence-electron chi connectivity index (χ1n) is 17.0. The Kier molecular flexibility index (Phi) is 14.1. The number of nitrogens with zero attached hydrogens (tertiary/aromatic N) is 2. The third-order valence-corrected chi connectivity index (χ3v) is 7.45. The molecule has 3 aromatic carbocycles. The molecule has 0 radical (unpaired) electrons. The van der Waals surface area contributed by atoms with Crippen molar-refractivity contribution in [2.45, 2.75) is 92.1 Å². The molecule has 0 spiro atoms. The second-order valence-electron chi connectivity index (χ2n) is 14.1. The standard InChI is InChI=1S/C40H49FN2O9/c1-10-22-42(23-11-2)30(35(44)45)24-29-32(41)26(3)31(36(46)50-28-20-16-13-17-21-28)34(49-25-27-18-14-12-15-19-27)33(29)43(37(47)51-39(4,5)6)38(48)52-40(7,8)9/h10,12-21,30H,1,11,22-25H2,2-9H3,(H,44,45). The van der Waals surface area contributed by atoms with Gasteiger partial charge in [-0.2, -0.15) is 4.90 Å². The van der Waals surface area contributed by atoms with E-state index < -0.39 is 76.2 Å². The van der Waals surface area contributed by atoms with Crippen molar-refractivity contribution >= 4 is 29.8 Å². The number of hydrogen-bond donors (Lipinski definition) is 1. The summed E-state index contributed by atoms with van der Waals surface area (Å²) >= 11 is 0. The molecule has 0 heterocycles. The second-order valence-corrected chi connectivity index (χ2v) is 14.1. The Morgan fingerprint density at radius 2 is 1.44 bits per heavy atom. The number of carbonyl (C=O) groups is 4. The van der Waals surface area contributed by atoms with Gasteiger partial charge in [0.05, 0.1) is 0 Å². The average Bonchev–Trinajstić information content (AvgIpc) is 3.04. The maximum Gasteiger partial charge on any atom is 0.424 e. The Morgan fingerprint density at radius 3 is 1.92 bits per heavy atom. The maximum absolute atomic E-state index is 17.2. The van der Waals surface area contributed by atoms with E-state index in [-0.39, 0.29) is 24.5 Å². The summed E-state index contributed by atoms with van der Waals surface area (Å²) in [6, 6.07) is 15.5. The van der Waals surface area contributed by atoms with E-state index in [1.807, 2.05) is 6.92 Å². The number of carboxylic acids is 1. The molecule has 2 amide bonds. The number of benzene rings is 3. The summed E-state index contributed by atoms with van der Waals surface area (Å²) < 4.78 is 40.5. The van der Waals surface area contributed by atoms with Gasteiger partial charge in [-0.05, 0) is 79.1 Å². The first-order chi connectivity index (χ1) is 24.4. The van der Waals surface area contributed by atoms with Crippen molar-refractivity contribution in [2.24, 2.45) is 0 Å². The van der Waals surface area contributed by atoms with Crippen molar-refractivity contribution in [3.8, 4) is 11.5 Å². The van der Waals surface area contributed by atoms with Crippen molar-refractivity contribution in [2.75, 3.05) is 18.0 Å². The van der Waals surface area contributed by atoms with Gasteiger partial charge in [-0.3, -0.25) is 9.69 Å². The molecule has 0 aliphatic heterocycles. The summed E-state index contributed by atoms with van der Waals surface area (Å²) in [5, 5.41) is 10.5. The number of para-hydroxylation sites is 1. The van der Waals surface area contributed by atoms with Crippen LogP contribution in [-0.4, -0.2) is 64.5 Å². The number of aliphatic carboxylic acids is 1. The zero-order valence-electron chi connectivity index (χ0n) is 31.2. The van der Waals surface area contributed by atoms with Crippen LogP contribution >= 0.6 is 0 Å². The summed E-state index contributed by atoms with van der Waals surface area (Å²) in [6.07, 6.45) is -1.03. The van der Waals surface area contributed by atoms with Crippen LogP contribution in [0.5, 0.6) is 11.5 Å². The van der Waals surface area contributed by atoms with Crippen LogP contribution in [0.4, 0.5) is 19.7 Å². The summed E-state index contributed by atoms with van der Waals surface area (Å²) in [6.45, 7) is 16.6. The van der Waals surface area contributed by atoms with Gasteiger partial charge in [0.15, 0.2) is 5.75 Å². The summed E-state index contributed by atoms with van der Waals surface area (Å²) in [5.41, 5.74) is -3.33. The number of rotatable bonds is 14. The van der Waals surface area contributed by atoms with Gasteiger partial charge in [0.1, 0.15) is 46.7 Å². The molecule has 0 aromatic heterocycles. The largest absolute Gasteiger partial charge is 0.486 e. The SMILES string of the molecule is C=CCN(CCC)C(Cc1c(F)c(C)c(C(=O)Oc2ccccc2)c(OCc2ccccc2)c1N(C(=O)OC(C)(C)C)C(=O)OC(C)(C)C)C(=O)O. The number of carbonyl (C=O) groups excluding carboxylic acids is 3. The maximum atomic E-state index is 17.2. The Balaban J connectivity index is 2.52. The predicted molar refractivity (Wildman–Crippen MR) is 195 cm³/mol. The minimum Gasteiger partial charge on any atom is -0.486 e. The Labute approximate surface area is 304 Å². The predicted octanol–water partition coefficient (Wildman–Crippen LogP) is 8.50. The normalized spacial score (nSPS) is 12.1. The molecule has 3 rings (SSSR count). The highest BCUT2D eigenvalue weighted by Crippen LogP contribution is 2.43. The zero-order chi connectivity index (χ0) is 38.8. The van der Waals surface area contributed by atoms with Gasteiger partial charge in [0, 0.05) is 24.1 Å². The lowest BCUT2D eigenvalue weighted by Gasteiger charge is -2.33. The molecule has 0 saturated carbocycles. The topological polar surface area (TPSA) is 132 Å². The van der Waals surface area contributed by atoms with Crippen LogP contribution in [0.1, 0.15) is 81.9 Å². The Morgan fingerprint density at radius 1 is 0.904 bits per heavy atom. The van der Waals surface area contributed by atoms with Crippen LogP contribution in [0.2, 0.25) is 0 Å². The summed E-state index contributed by atoms with van der Waals surface area (Å²) in [5.74, 6) is -3.68. The molecule has 12 heteroatoms. The Hall–Kier alpha value is -5.23. The monoisotopic (exact) mass is 720 g/mol. The highest BCUT2D eigenvalue weighted by Gasteiger charge is 2.42. The fraction of sp³-hybridized carbons (Fsp3) is 0.400. The number of amides is 2. The molecule has 11 nitrogen and oxygen atoms in total. The highest BCUT2D eigenvalue weighted by molar-refractivity contribution is 6.13.